The first-order valence-electron chi connectivity index (χ1n) is 10.3. The van der Waals surface area contributed by atoms with E-state index in [9.17, 15) is 5.11 Å². The Morgan fingerprint density at radius 3 is 1.48 bits per heavy atom. The first kappa shape index (κ1) is 21.0. The number of aliphatic hydroxyl groups excluding tert-OH is 1. The van der Waals surface area contributed by atoms with Crippen LogP contribution < -0.4 is 5.32 Å². The monoisotopic (exact) mass is 325 g/mol. The van der Waals surface area contributed by atoms with Crippen molar-refractivity contribution in [2.75, 3.05) is 7.05 Å². The third-order valence-corrected chi connectivity index (χ3v) is 7.32. The number of likely N-dealkylation sites (N-methyl/N-ethyl adjacent to an activating group) is 1. The summed E-state index contributed by atoms with van der Waals surface area (Å²) in [6.07, 6.45) is 6.99. The van der Waals surface area contributed by atoms with Crippen molar-refractivity contribution >= 4 is 0 Å². The molecule has 1 rings (SSSR count). The number of aliphatic hydroxyl groups is 1. The van der Waals surface area contributed by atoms with Crippen LogP contribution in [0.5, 0.6) is 0 Å². The molecule has 138 valence electrons. The lowest BCUT2D eigenvalue weighted by Gasteiger charge is -2.43. The zero-order chi connectivity index (χ0) is 17.6. The molecule has 0 saturated heterocycles. The molecule has 0 heterocycles. The van der Waals surface area contributed by atoms with Crippen LogP contribution in [0.1, 0.15) is 80.1 Å². The molecule has 1 saturated carbocycles. The van der Waals surface area contributed by atoms with E-state index in [1.165, 1.54) is 25.7 Å². The molecule has 0 radical (unpaired) electrons. The molecule has 2 heteroatoms. The summed E-state index contributed by atoms with van der Waals surface area (Å²) in [4.78, 5) is 0. The second kappa shape index (κ2) is 10.0. The third-order valence-electron chi connectivity index (χ3n) is 7.32. The second-order valence-corrected chi connectivity index (χ2v) is 8.17. The van der Waals surface area contributed by atoms with Crippen LogP contribution in [0.3, 0.4) is 0 Å². The van der Waals surface area contributed by atoms with Crippen molar-refractivity contribution in [2.45, 2.75) is 92.2 Å². The van der Waals surface area contributed by atoms with Gasteiger partial charge in [0.25, 0.3) is 0 Å². The van der Waals surface area contributed by atoms with Crippen LogP contribution in [0.4, 0.5) is 0 Å². The van der Waals surface area contributed by atoms with Crippen LogP contribution in [0.25, 0.3) is 0 Å². The number of hydrogen-bond donors (Lipinski definition) is 2. The minimum absolute atomic E-state index is 0.206. The fourth-order valence-corrected chi connectivity index (χ4v) is 5.24. The van der Waals surface area contributed by atoms with Crippen LogP contribution in [0, 0.1) is 35.5 Å². The number of rotatable bonds is 5. The molecule has 0 amide bonds. The standard InChI is InChI=1S/C21H43NO/c1-8-16-12-18(10-3)20(22-7)21(23)19(11-4)13-17(9-2)15(6)14(16)5/h14-23H,8-13H2,1-7H3. The fraction of sp³-hybridized carbons (Fsp3) is 1.00. The van der Waals surface area contributed by atoms with Gasteiger partial charge in [0, 0.05) is 6.04 Å². The molecule has 1 aliphatic rings. The van der Waals surface area contributed by atoms with E-state index in [1.807, 2.05) is 7.05 Å². The molecular formula is C21H43NO. The van der Waals surface area contributed by atoms with Crippen molar-refractivity contribution in [2.24, 2.45) is 35.5 Å². The molecule has 0 spiro atoms. The molecule has 0 bridgehead atoms. The van der Waals surface area contributed by atoms with Gasteiger partial charge in [-0.1, -0.05) is 67.2 Å². The van der Waals surface area contributed by atoms with Gasteiger partial charge in [-0.15, -0.1) is 0 Å². The molecule has 8 unspecified atom stereocenters. The topological polar surface area (TPSA) is 32.3 Å². The molecule has 0 aromatic rings. The van der Waals surface area contributed by atoms with E-state index in [0.717, 1.165) is 36.5 Å². The highest BCUT2D eigenvalue weighted by Crippen LogP contribution is 2.41. The third kappa shape index (κ3) is 4.95. The highest BCUT2D eigenvalue weighted by molar-refractivity contribution is 4.91. The molecule has 23 heavy (non-hydrogen) atoms. The van der Waals surface area contributed by atoms with Crippen molar-refractivity contribution in [3.05, 3.63) is 0 Å². The van der Waals surface area contributed by atoms with E-state index < -0.39 is 0 Å². The van der Waals surface area contributed by atoms with Crippen molar-refractivity contribution in [3.63, 3.8) is 0 Å². The predicted molar refractivity (Wildman–Crippen MR) is 102 cm³/mol. The van der Waals surface area contributed by atoms with Gasteiger partial charge in [-0.3, -0.25) is 0 Å². The first-order chi connectivity index (χ1) is 10.9. The maximum Gasteiger partial charge on any atom is 0.0723 e. The average molecular weight is 326 g/mol. The van der Waals surface area contributed by atoms with E-state index in [1.54, 1.807) is 0 Å². The minimum Gasteiger partial charge on any atom is -0.391 e. The Bertz CT molecular complexity index is 319. The largest absolute Gasteiger partial charge is 0.391 e. The van der Waals surface area contributed by atoms with Crippen LogP contribution in [-0.2, 0) is 0 Å². The Balaban J connectivity index is 3.16. The summed E-state index contributed by atoms with van der Waals surface area (Å²) in [5.74, 6) is 4.08. The van der Waals surface area contributed by atoms with Crippen molar-refractivity contribution in [1.29, 1.82) is 0 Å². The molecule has 0 aromatic carbocycles. The molecule has 2 nitrogen and oxygen atoms in total. The molecular weight excluding hydrogens is 282 g/mol. The van der Waals surface area contributed by atoms with Crippen LogP contribution in [-0.4, -0.2) is 24.3 Å². The Morgan fingerprint density at radius 2 is 1.13 bits per heavy atom. The van der Waals surface area contributed by atoms with Crippen molar-refractivity contribution in [3.8, 4) is 0 Å². The summed E-state index contributed by atoms with van der Waals surface area (Å²) in [6, 6.07) is 0.247. The fourth-order valence-electron chi connectivity index (χ4n) is 5.24. The van der Waals surface area contributed by atoms with E-state index >= 15 is 0 Å². The Hall–Kier alpha value is -0.0800. The van der Waals surface area contributed by atoms with Crippen LogP contribution in [0.2, 0.25) is 0 Å². The summed E-state index contributed by atoms with van der Waals surface area (Å²) < 4.78 is 0. The van der Waals surface area contributed by atoms with E-state index in [-0.39, 0.29) is 12.1 Å². The molecule has 2 N–H and O–H groups in total. The minimum atomic E-state index is -0.206. The normalized spacial score (nSPS) is 43.3. The van der Waals surface area contributed by atoms with Gasteiger partial charge < -0.3 is 10.4 Å². The Morgan fingerprint density at radius 1 is 0.739 bits per heavy atom. The summed E-state index contributed by atoms with van der Waals surface area (Å²) in [5.41, 5.74) is 0. The summed E-state index contributed by atoms with van der Waals surface area (Å²) in [5, 5.41) is 14.6. The highest BCUT2D eigenvalue weighted by Gasteiger charge is 2.38. The van der Waals surface area contributed by atoms with Crippen molar-refractivity contribution < 1.29 is 5.11 Å². The Labute approximate surface area is 145 Å². The van der Waals surface area contributed by atoms with Gasteiger partial charge in [0.15, 0.2) is 0 Å². The molecule has 1 aliphatic carbocycles. The van der Waals surface area contributed by atoms with Crippen molar-refractivity contribution in [1.82, 2.24) is 5.32 Å². The first-order valence-corrected chi connectivity index (χ1v) is 10.3. The summed E-state index contributed by atoms with van der Waals surface area (Å²) in [7, 11) is 2.04. The van der Waals surface area contributed by atoms with Gasteiger partial charge in [0.2, 0.25) is 0 Å². The zero-order valence-electron chi connectivity index (χ0n) is 16.8. The summed E-state index contributed by atoms with van der Waals surface area (Å²) in [6.45, 7) is 14.2. The van der Waals surface area contributed by atoms with Gasteiger partial charge in [0.1, 0.15) is 0 Å². The molecule has 0 aromatic heterocycles. The maximum atomic E-state index is 11.1. The van der Waals surface area contributed by atoms with Crippen LogP contribution >= 0.6 is 0 Å². The van der Waals surface area contributed by atoms with E-state index in [2.05, 4.69) is 46.9 Å². The quantitative estimate of drug-likeness (QED) is 0.736. The molecule has 1 fully saturated rings. The van der Waals surface area contributed by atoms with Crippen LogP contribution in [0.15, 0.2) is 0 Å². The lowest BCUT2D eigenvalue weighted by Crippen LogP contribution is -2.49. The number of nitrogens with one attached hydrogen (secondary N) is 1. The zero-order valence-corrected chi connectivity index (χ0v) is 16.8. The smallest absolute Gasteiger partial charge is 0.0723 e. The van der Waals surface area contributed by atoms with Gasteiger partial charge >= 0.3 is 0 Å². The lowest BCUT2D eigenvalue weighted by molar-refractivity contribution is 0.00644. The SMILES string of the molecule is CCC1CC(CC)C(O)C(NC)C(CC)CC(CC)C(C)C1C. The second-order valence-electron chi connectivity index (χ2n) is 8.17. The van der Waals surface area contributed by atoms with Gasteiger partial charge in [-0.05, 0) is 55.4 Å². The molecule has 8 atom stereocenters. The van der Waals surface area contributed by atoms with Gasteiger partial charge in [-0.2, -0.15) is 0 Å². The number of hydrogen-bond acceptors (Lipinski definition) is 2. The Kier molecular flexibility index (Phi) is 9.15. The highest BCUT2D eigenvalue weighted by atomic mass is 16.3. The predicted octanol–water partition coefficient (Wildman–Crippen LogP) is 5.11. The molecule has 0 aliphatic heterocycles. The summed E-state index contributed by atoms with van der Waals surface area (Å²) >= 11 is 0. The lowest BCUT2D eigenvalue weighted by atomic mass is 9.66. The van der Waals surface area contributed by atoms with E-state index in [0.29, 0.717) is 11.8 Å². The maximum absolute atomic E-state index is 11.1. The average Bonchev–Trinajstić information content (AvgIpc) is 2.57. The van der Waals surface area contributed by atoms with Gasteiger partial charge in [-0.25, -0.2) is 0 Å². The van der Waals surface area contributed by atoms with E-state index in [4.69, 9.17) is 0 Å². The van der Waals surface area contributed by atoms with Gasteiger partial charge in [0.05, 0.1) is 6.10 Å².